The standard InChI is InChI=1S/C16H23N3/c1-11(2)15-14(16(3,4)5)7-12(8-17-15)13-9-18-19(6)10-13/h7-11H,1-6H3. The minimum absolute atomic E-state index is 0.102. The van der Waals surface area contributed by atoms with E-state index in [1.165, 1.54) is 11.3 Å². The zero-order chi connectivity index (χ0) is 14.2. The molecule has 0 spiro atoms. The van der Waals surface area contributed by atoms with Gasteiger partial charge in [-0.05, 0) is 23.0 Å². The number of aryl methyl sites for hydroxylation is 1. The van der Waals surface area contributed by atoms with Crippen LogP contribution < -0.4 is 0 Å². The quantitative estimate of drug-likeness (QED) is 0.816. The summed E-state index contributed by atoms with van der Waals surface area (Å²) in [7, 11) is 1.93. The molecule has 0 aliphatic carbocycles. The molecule has 2 rings (SSSR count). The monoisotopic (exact) mass is 257 g/mol. The highest BCUT2D eigenvalue weighted by Crippen LogP contribution is 2.32. The van der Waals surface area contributed by atoms with Gasteiger partial charge in [0.1, 0.15) is 0 Å². The summed E-state index contributed by atoms with van der Waals surface area (Å²) in [4.78, 5) is 4.69. The van der Waals surface area contributed by atoms with Crippen LogP contribution in [0.25, 0.3) is 11.1 Å². The van der Waals surface area contributed by atoms with Gasteiger partial charge in [0.05, 0.1) is 6.20 Å². The Morgan fingerprint density at radius 2 is 1.79 bits per heavy atom. The second kappa shape index (κ2) is 4.80. The van der Waals surface area contributed by atoms with Crippen LogP contribution in [0, 0.1) is 0 Å². The Kier molecular flexibility index (Phi) is 3.48. The van der Waals surface area contributed by atoms with Gasteiger partial charge in [-0.2, -0.15) is 5.10 Å². The second-order valence-corrected chi connectivity index (χ2v) is 6.46. The number of rotatable bonds is 2. The van der Waals surface area contributed by atoms with Crippen LogP contribution in [0.3, 0.4) is 0 Å². The molecule has 0 fully saturated rings. The van der Waals surface area contributed by atoms with Gasteiger partial charge in [0.15, 0.2) is 0 Å². The number of hydrogen-bond acceptors (Lipinski definition) is 2. The molecule has 0 amide bonds. The van der Waals surface area contributed by atoms with Crippen molar-refractivity contribution in [2.45, 2.75) is 46.0 Å². The molecule has 102 valence electrons. The first kappa shape index (κ1) is 13.8. The summed E-state index contributed by atoms with van der Waals surface area (Å²) in [5, 5.41) is 4.23. The van der Waals surface area contributed by atoms with Gasteiger partial charge >= 0.3 is 0 Å². The highest BCUT2D eigenvalue weighted by Gasteiger charge is 2.21. The summed E-state index contributed by atoms with van der Waals surface area (Å²) in [6.07, 6.45) is 5.87. The Balaban J connectivity index is 2.56. The molecule has 2 heterocycles. The lowest BCUT2D eigenvalue weighted by atomic mass is 9.82. The van der Waals surface area contributed by atoms with E-state index in [0.717, 1.165) is 11.1 Å². The van der Waals surface area contributed by atoms with Gasteiger partial charge in [-0.25, -0.2) is 0 Å². The summed E-state index contributed by atoms with van der Waals surface area (Å²) in [6.45, 7) is 11.1. The van der Waals surface area contributed by atoms with Crippen molar-refractivity contribution in [3.05, 3.63) is 35.9 Å². The molecule has 0 unspecified atom stereocenters. The van der Waals surface area contributed by atoms with E-state index < -0.39 is 0 Å². The van der Waals surface area contributed by atoms with Gasteiger partial charge in [0.2, 0.25) is 0 Å². The Bertz CT molecular complexity index is 574. The lowest BCUT2D eigenvalue weighted by Gasteiger charge is -2.24. The number of hydrogen-bond donors (Lipinski definition) is 0. The fraction of sp³-hybridized carbons (Fsp3) is 0.500. The molecule has 3 heteroatoms. The van der Waals surface area contributed by atoms with E-state index in [9.17, 15) is 0 Å². The van der Waals surface area contributed by atoms with Gasteiger partial charge < -0.3 is 0 Å². The van der Waals surface area contributed by atoms with Gasteiger partial charge in [0.25, 0.3) is 0 Å². The van der Waals surface area contributed by atoms with E-state index in [1.54, 1.807) is 0 Å². The molecule has 19 heavy (non-hydrogen) atoms. The molecular weight excluding hydrogens is 234 g/mol. The third-order valence-electron chi connectivity index (χ3n) is 3.31. The van der Waals surface area contributed by atoms with E-state index in [4.69, 9.17) is 4.98 Å². The largest absolute Gasteiger partial charge is 0.275 e. The van der Waals surface area contributed by atoms with Crippen molar-refractivity contribution >= 4 is 0 Å². The Morgan fingerprint density at radius 3 is 2.26 bits per heavy atom. The first-order valence-corrected chi connectivity index (χ1v) is 6.78. The predicted octanol–water partition coefficient (Wildman–Crippen LogP) is 3.90. The Labute approximate surface area is 115 Å². The van der Waals surface area contributed by atoms with Crippen molar-refractivity contribution in [2.24, 2.45) is 7.05 Å². The maximum Gasteiger partial charge on any atom is 0.0568 e. The fourth-order valence-electron chi connectivity index (χ4n) is 2.26. The molecule has 0 aliphatic rings. The zero-order valence-electron chi connectivity index (χ0n) is 12.7. The highest BCUT2D eigenvalue weighted by atomic mass is 15.2. The van der Waals surface area contributed by atoms with E-state index >= 15 is 0 Å². The van der Waals surface area contributed by atoms with Crippen molar-refractivity contribution < 1.29 is 0 Å². The van der Waals surface area contributed by atoms with Gasteiger partial charge in [-0.1, -0.05) is 34.6 Å². The number of pyridine rings is 1. The molecule has 2 aromatic rings. The lowest BCUT2D eigenvalue weighted by molar-refractivity contribution is 0.571. The Hall–Kier alpha value is -1.64. The van der Waals surface area contributed by atoms with Gasteiger partial charge in [0, 0.05) is 36.3 Å². The summed E-state index contributed by atoms with van der Waals surface area (Å²) in [5.41, 5.74) is 4.88. The SMILES string of the molecule is CC(C)c1ncc(-c2cnn(C)c2)cc1C(C)(C)C. The highest BCUT2D eigenvalue weighted by molar-refractivity contribution is 5.62. The average Bonchev–Trinajstić information content (AvgIpc) is 2.74. The summed E-state index contributed by atoms with van der Waals surface area (Å²) in [5.74, 6) is 0.442. The van der Waals surface area contributed by atoms with E-state index in [2.05, 4.69) is 45.8 Å². The van der Waals surface area contributed by atoms with E-state index in [0.29, 0.717) is 5.92 Å². The van der Waals surface area contributed by atoms with Crippen LogP contribution in [0.2, 0.25) is 0 Å². The Morgan fingerprint density at radius 1 is 1.11 bits per heavy atom. The van der Waals surface area contributed by atoms with Crippen LogP contribution >= 0.6 is 0 Å². The van der Waals surface area contributed by atoms with Crippen LogP contribution in [-0.4, -0.2) is 14.8 Å². The summed E-state index contributed by atoms with van der Waals surface area (Å²) in [6, 6.07) is 2.26. The zero-order valence-corrected chi connectivity index (χ0v) is 12.7. The second-order valence-electron chi connectivity index (χ2n) is 6.46. The molecule has 0 saturated heterocycles. The van der Waals surface area contributed by atoms with Crippen LogP contribution in [0.4, 0.5) is 0 Å². The first-order valence-electron chi connectivity index (χ1n) is 6.78. The molecule has 0 aromatic carbocycles. The van der Waals surface area contributed by atoms with E-state index in [-0.39, 0.29) is 5.41 Å². The maximum atomic E-state index is 4.69. The normalized spacial score (nSPS) is 12.2. The lowest BCUT2D eigenvalue weighted by Crippen LogP contribution is -2.16. The molecular formula is C16H23N3. The van der Waals surface area contributed by atoms with E-state index in [1.807, 2.05) is 30.3 Å². The average molecular weight is 257 g/mol. The van der Waals surface area contributed by atoms with Gasteiger partial charge in [-0.15, -0.1) is 0 Å². The third kappa shape index (κ3) is 2.86. The number of aromatic nitrogens is 3. The summed E-state index contributed by atoms with van der Waals surface area (Å²) >= 11 is 0. The summed E-state index contributed by atoms with van der Waals surface area (Å²) < 4.78 is 1.82. The van der Waals surface area contributed by atoms with Gasteiger partial charge in [-0.3, -0.25) is 9.67 Å². The van der Waals surface area contributed by atoms with Crippen molar-refractivity contribution in [3.63, 3.8) is 0 Å². The molecule has 0 radical (unpaired) electrons. The molecule has 0 N–H and O–H groups in total. The number of nitrogens with zero attached hydrogens (tertiary/aromatic N) is 3. The fourth-order valence-corrected chi connectivity index (χ4v) is 2.26. The predicted molar refractivity (Wildman–Crippen MR) is 79.2 cm³/mol. The minimum atomic E-state index is 0.102. The topological polar surface area (TPSA) is 30.7 Å². The molecule has 2 aromatic heterocycles. The van der Waals surface area contributed by atoms with Crippen molar-refractivity contribution in [1.82, 2.24) is 14.8 Å². The molecule has 0 saturated carbocycles. The van der Waals surface area contributed by atoms with Crippen LogP contribution in [0.1, 0.15) is 51.8 Å². The minimum Gasteiger partial charge on any atom is -0.275 e. The van der Waals surface area contributed by atoms with Crippen LogP contribution in [0.5, 0.6) is 0 Å². The molecule has 0 atom stereocenters. The molecule has 0 aliphatic heterocycles. The van der Waals surface area contributed by atoms with Crippen LogP contribution in [0.15, 0.2) is 24.7 Å². The smallest absolute Gasteiger partial charge is 0.0568 e. The van der Waals surface area contributed by atoms with Crippen molar-refractivity contribution in [3.8, 4) is 11.1 Å². The maximum absolute atomic E-state index is 4.69. The molecule has 3 nitrogen and oxygen atoms in total. The first-order chi connectivity index (χ1) is 8.79. The van der Waals surface area contributed by atoms with Crippen molar-refractivity contribution in [1.29, 1.82) is 0 Å². The van der Waals surface area contributed by atoms with Crippen molar-refractivity contribution in [2.75, 3.05) is 0 Å². The molecule has 0 bridgehead atoms. The van der Waals surface area contributed by atoms with Crippen LogP contribution in [-0.2, 0) is 12.5 Å². The third-order valence-corrected chi connectivity index (χ3v) is 3.31.